The van der Waals surface area contributed by atoms with E-state index in [1.807, 2.05) is 33.0 Å². The number of rotatable bonds is 3. The van der Waals surface area contributed by atoms with E-state index in [2.05, 4.69) is 16.5 Å². The van der Waals surface area contributed by atoms with Crippen molar-refractivity contribution in [1.82, 2.24) is 15.1 Å². The normalized spacial score (nSPS) is 19.4. The molecule has 2 heterocycles. The van der Waals surface area contributed by atoms with Gasteiger partial charge in [-0.3, -0.25) is 9.48 Å². The van der Waals surface area contributed by atoms with E-state index < -0.39 is 0 Å². The van der Waals surface area contributed by atoms with Crippen molar-refractivity contribution in [2.24, 2.45) is 7.05 Å². The number of benzene rings is 1. The van der Waals surface area contributed by atoms with E-state index in [0.29, 0.717) is 24.2 Å². The van der Waals surface area contributed by atoms with Gasteiger partial charge in [0.25, 0.3) is 5.91 Å². The standard InChI is InChI=1S/C18H20N4O2/c1-11-8-15-16(21-22(3)17(15)12(2)24-11)18(23)20-10-14-6-4-13(9-19)5-7-14/h4-7,11-12H,8,10H2,1-3H3,(H,20,23)/t11-,12+/m1/s1. The second-order valence-corrected chi connectivity index (χ2v) is 6.12. The first-order chi connectivity index (χ1) is 11.5. The largest absolute Gasteiger partial charge is 0.369 e. The van der Waals surface area contributed by atoms with Crippen LogP contribution in [0.5, 0.6) is 0 Å². The first-order valence-electron chi connectivity index (χ1n) is 7.98. The van der Waals surface area contributed by atoms with Gasteiger partial charge in [0.15, 0.2) is 5.69 Å². The van der Waals surface area contributed by atoms with Gasteiger partial charge in [0.2, 0.25) is 0 Å². The summed E-state index contributed by atoms with van der Waals surface area (Å²) < 4.78 is 7.56. The minimum atomic E-state index is -0.183. The molecule has 3 rings (SSSR count). The molecule has 0 saturated heterocycles. The Morgan fingerprint density at radius 1 is 1.42 bits per heavy atom. The lowest BCUT2D eigenvalue weighted by Crippen LogP contribution is -2.27. The molecule has 2 aromatic rings. The average molecular weight is 324 g/mol. The van der Waals surface area contributed by atoms with E-state index in [0.717, 1.165) is 16.8 Å². The predicted molar refractivity (Wildman–Crippen MR) is 88.2 cm³/mol. The zero-order valence-electron chi connectivity index (χ0n) is 14.0. The summed E-state index contributed by atoms with van der Waals surface area (Å²) in [6, 6.07) is 9.24. The topological polar surface area (TPSA) is 79.9 Å². The molecule has 0 spiro atoms. The number of aromatic nitrogens is 2. The molecular weight excluding hydrogens is 304 g/mol. The van der Waals surface area contributed by atoms with Gasteiger partial charge in [0.1, 0.15) is 0 Å². The van der Waals surface area contributed by atoms with E-state index in [9.17, 15) is 4.79 Å². The fraction of sp³-hybridized carbons (Fsp3) is 0.389. The van der Waals surface area contributed by atoms with Crippen LogP contribution in [0, 0.1) is 11.3 Å². The van der Waals surface area contributed by atoms with Crippen LogP contribution in [0.4, 0.5) is 0 Å². The number of fused-ring (bicyclic) bond motifs is 1. The van der Waals surface area contributed by atoms with Crippen LogP contribution >= 0.6 is 0 Å². The summed E-state index contributed by atoms with van der Waals surface area (Å²) in [5, 5.41) is 16.1. The Kier molecular flexibility index (Phi) is 4.36. The second kappa shape index (κ2) is 6.46. The number of nitrogens with one attached hydrogen (secondary N) is 1. The molecule has 1 aromatic carbocycles. The summed E-state index contributed by atoms with van der Waals surface area (Å²) >= 11 is 0. The molecule has 0 aliphatic carbocycles. The quantitative estimate of drug-likeness (QED) is 0.939. The zero-order valence-corrected chi connectivity index (χ0v) is 14.0. The molecule has 0 unspecified atom stereocenters. The maximum Gasteiger partial charge on any atom is 0.272 e. The minimum absolute atomic E-state index is 0.0682. The Labute approximate surface area is 141 Å². The molecular formula is C18H20N4O2. The minimum Gasteiger partial charge on any atom is -0.369 e. The van der Waals surface area contributed by atoms with Gasteiger partial charge in [-0.05, 0) is 31.5 Å². The lowest BCUT2D eigenvalue weighted by atomic mass is 9.99. The third kappa shape index (κ3) is 3.03. The van der Waals surface area contributed by atoms with Gasteiger partial charge in [-0.15, -0.1) is 0 Å². The summed E-state index contributed by atoms with van der Waals surface area (Å²) in [5.41, 5.74) is 3.96. The molecule has 0 radical (unpaired) electrons. The number of hydrogen-bond acceptors (Lipinski definition) is 4. The summed E-state index contributed by atoms with van der Waals surface area (Å²) in [6.45, 7) is 4.39. The van der Waals surface area contributed by atoms with Crippen molar-refractivity contribution in [2.45, 2.75) is 39.0 Å². The molecule has 2 atom stereocenters. The molecule has 124 valence electrons. The summed E-state index contributed by atoms with van der Waals surface area (Å²) in [7, 11) is 1.84. The molecule has 6 nitrogen and oxygen atoms in total. The fourth-order valence-corrected chi connectivity index (χ4v) is 3.18. The van der Waals surface area contributed by atoms with Crippen LogP contribution in [0.3, 0.4) is 0 Å². The molecule has 0 saturated carbocycles. The molecule has 6 heteroatoms. The van der Waals surface area contributed by atoms with Crippen LogP contribution in [0.25, 0.3) is 0 Å². The van der Waals surface area contributed by atoms with Crippen molar-refractivity contribution in [2.75, 3.05) is 0 Å². The van der Waals surface area contributed by atoms with Crippen LogP contribution in [0.15, 0.2) is 24.3 Å². The molecule has 1 aliphatic rings. The van der Waals surface area contributed by atoms with Crippen molar-refractivity contribution in [3.63, 3.8) is 0 Å². The monoisotopic (exact) mass is 324 g/mol. The van der Waals surface area contributed by atoms with Gasteiger partial charge >= 0.3 is 0 Å². The molecule has 1 amide bonds. The average Bonchev–Trinajstić information content (AvgIpc) is 2.90. The lowest BCUT2D eigenvalue weighted by molar-refractivity contribution is -0.00903. The first kappa shape index (κ1) is 16.2. The maximum absolute atomic E-state index is 12.6. The highest BCUT2D eigenvalue weighted by Gasteiger charge is 2.31. The summed E-state index contributed by atoms with van der Waals surface area (Å²) in [6.07, 6.45) is 0.691. The second-order valence-electron chi connectivity index (χ2n) is 6.12. The lowest BCUT2D eigenvalue weighted by Gasteiger charge is -2.26. The predicted octanol–water partition coefficient (Wildman–Crippen LogP) is 2.24. The molecule has 1 aliphatic heterocycles. The maximum atomic E-state index is 12.6. The van der Waals surface area contributed by atoms with E-state index >= 15 is 0 Å². The van der Waals surface area contributed by atoms with Gasteiger partial charge in [0.05, 0.1) is 29.5 Å². The first-order valence-corrected chi connectivity index (χ1v) is 7.98. The number of hydrogen-bond donors (Lipinski definition) is 1. The van der Waals surface area contributed by atoms with Crippen LogP contribution < -0.4 is 5.32 Å². The van der Waals surface area contributed by atoms with E-state index in [1.54, 1.807) is 16.8 Å². The summed E-state index contributed by atoms with van der Waals surface area (Å²) in [4.78, 5) is 12.6. The highest BCUT2D eigenvalue weighted by Crippen LogP contribution is 2.31. The van der Waals surface area contributed by atoms with Crippen molar-refractivity contribution in [3.8, 4) is 6.07 Å². The number of nitriles is 1. The number of amides is 1. The molecule has 0 bridgehead atoms. The summed E-state index contributed by atoms with van der Waals surface area (Å²) in [5.74, 6) is -0.183. The Morgan fingerprint density at radius 2 is 2.12 bits per heavy atom. The fourth-order valence-electron chi connectivity index (χ4n) is 3.18. The molecule has 1 aromatic heterocycles. The van der Waals surface area contributed by atoms with Gasteiger partial charge < -0.3 is 10.1 Å². The van der Waals surface area contributed by atoms with Gasteiger partial charge in [0, 0.05) is 25.6 Å². The molecule has 0 fully saturated rings. The van der Waals surface area contributed by atoms with Crippen LogP contribution in [-0.2, 0) is 24.8 Å². The number of carbonyl (C=O) groups excluding carboxylic acids is 1. The van der Waals surface area contributed by atoms with E-state index in [1.165, 1.54) is 0 Å². The smallest absolute Gasteiger partial charge is 0.272 e. The van der Waals surface area contributed by atoms with Gasteiger partial charge in [-0.2, -0.15) is 10.4 Å². The van der Waals surface area contributed by atoms with Gasteiger partial charge in [-0.25, -0.2) is 0 Å². The van der Waals surface area contributed by atoms with Gasteiger partial charge in [-0.1, -0.05) is 12.1 Å². The van der Waals surface area contributed by atoms with E-state index in [-0.39, 0.29) is 18.1 Å². The third-order valence-electron chi connectivity index (χ3n) is 4.26. The highest BCUT2D eigenvalue weighted by molar-refractivity contribution is 5.94. The van der Waals surface area contributed by atoms with Crippen LogP contribution in [0.2, 0.25) is 0 Å². The number of ether oxygens (including phenoxy) is 1. The highest BCUT2D eigenvalue weighted by atomic mass is 16.5. The molecule has 1 N–H and O–H groups in total. The zero-order chi connectivity index (χ0) is 17.3. The SMILES string of the molecule is C[C@@H]1Cc2c(C(=O)NCc3ccc(C#N)cc3)nn(C)c2[C@H](C)O1. The number of nitrogens with zero attached hydrogens (tertiary/aromatic N) is 3. The Bertz CT molecular complexity index is 802. The number of carbonyl (C=O) groups is 1. The van der Waals surface area contributed by atoms with Crippen LogP contribution in [0.1, 0.15) is 52.8 Å². The van der Waals surface area contributed by atoms with Crippen molar-refractivity contribution >= 4 is 5.91 Å². The van der Waals surface area contributed by atoms with E-state index in [4.69, 9.17) is 10.00 Å². The molecule has 24 heavy (non-hydrogen) atoms. The third-order valence-corrected chi connectivity index (χ3v) is 4.26. The Hall–Kier alpha value is -2.65. The van der Waals surface area contributed by atoms with Crippen molar-refractivity contribution in [3.05, 3.63) is 52.3 Å². The van der Waals surface area contributed by atoms with Crippen LogP contribution in [-0.4, -0.2) is 21.8 Å². The Morgan fingerprint density at radius 3 is 2.79 bits per heavy atom. The van der Waals surface area contributed by atoms with Crippen molar-refractivity contribution < 1.29 is 9.53 Å². The number of aryl methyl sites for hydroxylation is 1. The van der Waals surface area contributed by atoms with Crippen molar-refractivity contribution in [1.29, 1.82) is 5.26 Å². The Balaban J connectivity index is 1.76.